The minimum Gasteiger partial charge on any atom is -0.454 e. The van der Waals surface area contributed by atoms with Crippen molar-refractivity contribution in [2.45, 2.75) is 9.79 Å². The van der Waals surface area contributed by atoms with Crippen LogP contribution in [0.3, 0.4) is 0 Å². The molecule has 0 aliphatic heterocycles. The Morgan fingerprint density at radius 2 is 1.13 bits per heavy atom. The second kappa shape index (κ2) is 11.3. The van der Waals surface area contributed by atoms with Crippen LogP contribution in [0.15, 0.2) is 147 Å². The maximum absolute atomic E-state index is 6.33. The summed E-state index contributed by atoms with van der Waals surface area (Å²) < 4.78 is 6.33. The molecule has 0 aromatic heterocycles. The smallest absolute Gasteiger partial charge is 0.166 e. The van der Waals surface area contributed by atoms with E-state index in [0.717, 1.165) is 26.3 Å². The molecule has 0 saturated heterocycles. The lowest BCUT2D eigenvalue weighted by Gasteiger charge is -2.13. The lowest BCUT2D eigenvalue weighted by atomic mass is 10.3. The van der Waals surface area contributed by atoms with E-state index in [0.29, 0.717) is 5.76 Å². The van der Waals surface area contributed by atoms with Crippen LogP contribution in [0.5, 0.6) is 5.75 Å². The van der Waals surface area contributed by atoms with E-state index >= 15 is 0 Å². The van der Waals surface area contributed by atoms with Gasteiger partial charge in [0, 0.05) is 15.2 Å². The van der Waals surface area contributed by atoms with Crippen molar-refractivity contribution in [1.29, 1.82) is 0 Å². The van der Waals surface area contributed by atoms with E-state index in [1.165, 1.54) is 0 Å². The predicted molar refractivity (Wildman–Crippen MR) is 133 cm³/mol. The summed E-state index contributed by atoms with van der Waals surface area (Å²) >= 11 is 3.21. The van der Waals surface area contributed by atoms with Crippen molar-refractivity contribution in [3.63, 3.8) is 0 Å². The molecule has 0 aliphatic rings. The predicted octanol–water partition coefficient (Wildman–Crippen LogP) is 8.22. The van der Waals surface area contributed by atoms with Crippen LogP contribution < -0.4 is 4.74 Å². The van der Waals surface area contributed by atoms with Crippen LogP contribution in [0.4, 0.5) is 5.69 Å². The molecule has 2 nitrogen and oxygen atoms in total. The van der Waals surface area contributed by atoms with Gasteiger partial charge < -0.3 is 4.74 Å². The maximum atomic E-state index is 6.33. The average Bonchev–Trinajstić information content (AvgIpc) is 2.84. The Hall–Kier alpha value is -3.21. The minimum atomic E-state index is 0.706. The van der Waals surface area contributed by atoms with Gasteiger partial charge in [0.1, 0.15) is 10.8 Å². The first-order valence-corrected chi connectivity index (χ1v) is 11.6. The van der Waals surface area contributed by atoms with Gasteiger partial charge in [-0.3, -0.25) is 0 Å². The first-order valence-electron chi connectivity index (χ1n) is 9.88. The highest BCUT2D eigenvalue weighted by Crippen LogP contribution is 2.30. The van der Waals surface area contributed by atoms with Gasteiger partial charge in [-0.15, -0.1) is 0 Å². The van der Waals surface area contributed by atoms with Gasteiger partial charge in [-0.1, -0.05) is 96.3 Å². The molecule has 4 rings (SSSR count). The molecule has 0 fully saturated rings. The van der Waals surface area contributed by atoms with Crippen molar-refractivity contribution in [3.05, 3.63) is 132 Å². The van der Waals surface area contributed by atoms with Gasteiger partial charge in [-0.05, 0) is 48.5 Å². The Kier molecular flexibility index (Phi) is 7.64. The fourth-order valence-electron chi connectivity index (χ4n) is 2.70. The van der Waals surface area contributed by atoms with Crippen LogP contribution in [-0.2, 0) is 0 Å². The van der Waals surface area contributed by atoms with Gasteiger partial charge >= 0.3 is 0 Å². The van der Waals surface area contributed by atoms with E-state index < -0.39 is 0 Å². The highest BCUT2D eigenvalue weighted by Gasteiger charge is 2.14. The molecule has 0 saturated carbocycles. The van der Waals surface area contributed by atoms with Crippen molar-refractivity contribution >= 4 is 34.3 Å². The molecule has 0 amide bonds. The number of rotatable bonds is 7. The number of aliphatic imine (C=N–C) groups is 1. The molecular formula is C27H21NOS2. The summed E-state index contributed by atoms with van der Waals surface area (Å²) in [5.74, 6) is 1.48. The molecule has 0 bridgehead atoms. The van der Waals surface area contributed by atoms with Crippen molar-refractivity contribution in [1.82, 2.24) is 0 Å². The van der Waals surface area contributed by atoms with E-state index in [-0.39, 0.29) is 0 Å². The Morgan fingerprint density at radius 1 is 0.613 bits per heavy atom. The third-order valence-electron chi connectivity index (χ3n) is 4.17. The van der Waals surface area contributed by atoms with Gasteiger partial charge in [0.05, 0.1) is 5.69 Å². The summed E-state index contributed by atoms with van der Waals surface area (Å²) in [6.07, 6.45) is 0. The van der Waals surface area contributed by atoms with E-state index in [9.17, 15) is 0 Å². The zero-order valence-corrected chi connectivity index (χ0v) is 18.4. The minimum absolute atomic E-state index is 0.706. The molecule has 0 spiro atoms. The SMILES string of the molecule is C(/Sc1ccccc1)=C(Oc1ccccc1)\C(=N\c1ccccc1)Sc1ccccc1. The summed E-state index contributed by atoms with van der Waals surface area (Å²) in [5.41, 5.74) is 0.883. The van der Waals surface area contributed by atoms with Crippen LogP contribution in [0.1, 0.15) is 0 Å². The first-order chi connectivity index (χ1) is 15.4. The fraction of sp³-hybridized carbons (Fsp3) is 0. The monoisotopic (exact) mass is 439 g/mol. The lowest BCUT2D eigenvalue weighted by molar-refractivity contribution is 0.457. The van der Waals surface area contributed by atoms with Crippen LogP contribution >= 0.6 is 23.5 Å². The standard InChI is InChI=1S/C27H21NOS2/c1-5-13-22(14-6-1)28-27(31-25-19-11-4-12-20-25)26(29-23-15-7-2-8-16-23)21-30-24-17-9-3-10-18-24/h1-21H/b26-21-,28-27-. The molecule has 4 heteroatoms. The number of thioether (sulfide) groups is 2. The highest BCUT2D eigenvalue weighted by atomic mass is 32.2. The second-order valence-electron chi connectivity index (χ2n) is 6.50. The molecule has 0 heterocycles. The van der Waals surface area contributed by atoms with Crippen molar-refractivity contribution in [3.8, 4) is 5.75 Å². The molecule has 0 N–H and O–H groups in total. The highest BCUT2D eigenvalue weighted by molar-refractivity contribution is 8.14. The number of nitrogens with zero attached hydrogens (tertiary/aromatic N) is 1. The largest absolute Gasteiger partial charge is 0.454 e. The van der Waals surface area contributed by atoms with Crippen LogP contribution in [-0.4, -0.2) is 5.04 Å². The molecule has 4 aromatic carbocycles. The Morgan fingerprint density at radius 3 is 1.74 bits per heavy atom. The summed E-state index contributed by atoms with van der Waals surface area (Å²) in [4.78, 5) is 7.18. The van der Waals surface area contributed by atoms with E-state index in [1.54, 1.807) is 23.5 Å². The number of hydrogen-bond acceptors (Lipinski definition) is 4. The molecule has 4 aromatic rings. The Balaban J connectivity index is 1.73. The molecule has 0 unspecified atom stereocenters. The Bertz CT molecular complexity index is 1130. The molecule has 152 valence electrons. The molecule has 0 radical (unpaired) electrons. The first kappa shape index (κ1) is 21.0. The zero-order valence-electron chi connectivity index (χ0n) is 16.8. The number of hydrogen-bond donors (Lipinski definition) is 0. The summed E-state index contributed by atoms with van der Waals surface area (Å²) in [6, 6.07) is 40.3. The normalized spacial score (nSPS) is 11.9. The average molecular weight is 440 g/mol. The summed E-state index contributed by atoms with van der Waals surface area (Å²) in [6.45, 7) is 0. The lowest BCUT2D eigenvalue weighted by Crippen LogP contribution is -2.05. The van der Waals surface area contributed by atoms with Crippen LogP contribution in [0, 0.1) is 0 Å². The van der Waals surface area contributed by atoms with Crippen molar-refractivity contribution in [2.24, 2.45) is 4.99 Å². The molecule has 0 atom stereocenters. The Labute approximate surface area is 191 Å². The van der Waals surface area contributed by atoms with Gasteiger partial charge in [0.15, 0.2) is 5.76 Å². The third kappa shape index (κ3) is 6.64. The fourth-order valence-corrected chi connectivity index (χ4v) is 4.36. The van der Waals surface area contributed by atoms with Crippen molar-refractivity contribution in [2.75, 3.05) is 0 Å². The van der Waals surface area contributed by atoms with E-state index in [2.05, 4.69) is 24.3 Å². The van der Waals surface area contributed by atoms with Crippen LogP contribution in [0.25, 0.3) is 0 Å². The maximum Gasteiger partial charge on any atom is 0.166 e. The number of benzene rings is 4. The summed E-state index contributed by atoms with van der Waals surface area (Å²) in [5, 5.41) is 2.82. The van der Waals surface area contributed by atoms with E-state index in [4.69, 9.17) is 9.73 Å². The van der Waals surface area contributed by atoms with Gasteiger partial charge in [0.2, 0.25) is 0 Å². The quantitative estimate of drug-likeness (QED) is 0.125. The van der Waals surface area contributed by atoms with Crippen LogP contribution in [0.2, 0.25) is 0 Å². The van der Waals surface area contributed by atoms with Gasteiger partial charge in [0.25, 0.3) is 0 Å². The zero-order chi connectivity index (χ0) is 21.1. The third-order valence-corrected chi connectivity index (χ3v) is 6.04. The second-order valence-corrected chi connectivity index (χ2v) is 8.50. The topological polar surface area (TPSA) is 21.6 Å². The number of ether oxygens (including phenoxy) is 1. The molecular weight excluding hydrogens is 418 g/mol. The molecule has 0 aliphatic carbocycles. The van der Waals surface area contributed by atoms with Gasteiger partial charge in [-0.25, -0.2) is 4.99 Å². The number of para-hydroxylation sites is 2. The molecule has 31 heavy (non-hydrogen) atoms. The summed E-state index contributed by atoms with van der Waals surface area (Å²) in [7, 11) is 0. The van der Waals surface area contributed by atoms with E-state index in [1.807, 2.05) is 102 Å². The van der Waals surface area contributed by atoms with Gasteiger partial charge in [-0.2, -0.15) is 0 Å². The van der Waals surface area contributed by atoms with Crippen molar-refractivity contribution < 1.29 is 4.74 Å².